The molecule has 0 saturated heterocycles. The molecule has 1 atom stereocenters. The van der Waals surface area contributed by atoms with E-state index < -0.39 is 5.60 Å². The summed E-state index contributed by atoms with van der Waals surface area (Å²) in [7, 11) is 0. The number of rotatable bonds is 5. The molecule has 5 rings (SSSR count). The van der Waals surface area contributed by atoms with Crippen LogP contribution in [0.2, 0.25) is 5.02 Å². The Balaban J connectivity index is 1.43. The highest BCUT2D eigenvalue weighted by atomic mass is 35.5. The third kappa shape index (κ3) is 3.97. The van der Waals surface area contributed by atoms with Crippen molar-refractivity contribution in [1.29, 1.82) is 0 Å². The van der Waals surface area contributed by atoms with Gasteiger partial charge in [-0.05, 0) is 55.7 Å². The first-order valence-corrected chi connectivity index (χ1v) is 11.6. The lowest BCUT2D eigenvalue weighted by Crippen LogP contribution is -2.36. The number of ether oxygens (including phenoxy) is 1. The maximum Gasteiger partial charge on any atom is 0.287 e. The van der Waals surface area contributed by atoms with Crippen LogP contribution in [0.15, 0.2) is 71.1 Å². The molecule has 0 saturated carbocycles. The van der Waals surface area contributed by atoms with E-state index in [1.54, 1.807) is 31.2 Å². The fourth-order valence-electron chi connectivity index (χ4n) is 4.58. The molecule has 2 heterocycles. The highest BCUT2D eigenvalue weighted by Crippen LogP contribution is 2.44. The van der Waals surface area contributed by atoms with Crippen molar-refractivity contribution >= 4 is 34.3 Å². The maximum atomic E-state index is 13.4. The zero-order valence-electron chi connectivity index (χ0n) is 19.0. The van der Waals surface area contributed by atoms with Crippen molar-refractivity contribution in [2.75, 3.05) is 6.54 Å². The minimum atomic E-state index is -0.808. The van der Waals surface area contributed by atoms with E-state index in [0.717, 1.165) is 17.5 Å². The molecule has 3 aromatic carbocycles. The molecule has 1 aliphatic heterocycles. The second-order valence-corrected chi connectivity index (χ2v) is 9.24. The van der Waals surface area contributed by atoms with Crippen molar-refractivity contribution in [2.45, 2.75) is 32.3 Å². The number of carbonyl (C=O) groups excluding carboxylic acids is 2. The molecule has 0 fully saturated rings. The average Bonchev–Trinajstić information content (AvgIpc) is 3.16. The Morgan fingerprint density at radius 2 is 1.79 bits per heavy atom. The molecular weight excluding hydrogens is 450 g/mol. The van der Waals surface area contributed by atoms with E-state index in [-0.39, 0.29) is 23.9 Å². The molecule has 0 aliphatic carbocycles. The fraction of sp³-hybridized carbons (Fsp3) is 0.214. The van der Waals surface area contributed by atoms with Crippen LogP contribution in [-0.4, -0.2) is 18.2 Å². The molecule has 1 aliphatic rings. The number of furan rings is 1. The van der Waals surface area contributed by atoms with Gasteiger partial charge in [0.25, 0.3) is 5.91 Å². The largest absolute Gasteiger partial charge is 0.482 e. The number of Topliss-reactive ketones (excluding diaryl/α,β-unsaturated/α-hetero) is 1. The number of benzene rings is 3. The topological polar surface area (TPSA) is 68.5 Å². The predicted octanol–water partition coefficient (Wildman–Crippen LogP) is 6.25. The van der Waals surface area contributed by atoms with Gasteiger partial charge < -0.3 is 14.5 Å². The summed E-state index contributed by atoms with van der Waals surface area (Å²) < 4.78 is 12.2. The summed E-state index contributed by atoms with van der Waals surface area (Å²) in [6.07, 6.45) is 0.890. The van der Waals surface area contributed by atoms with E-state index in [1.165, 1.54) is 0 Å². The average molecular weight is 474 g/mol. The van der Waals surface area contributed by atoms with Crippen LogP contribution in [-0.2, 0) is 12.0 Å². The van der Waals surface area contributed by atoms with E-state index in [2.05, 4.69) is 5.32 Å². The lowest BCUT2D eigenvalue weighted by Gasteiger charge is -2.35. The van der Waals surface area contributed by atoms with Crippen molar-refractivity contribution in [3.8, 4) is 5.75 Å². The van der Waals surface area contributed by atoms with Crippen LogP contribution >= 0.6 is 11.6 Å². The summed E-state index contributed by atoms with van der Waals surface area (Å²) in [6.45, 7) is 4.19. The van der Waals surface area contributed by atoms with Crippen molar-refractivity contribution in [3.05, 3.63) is 99.8 Å². The standard InChI is InChI=1S/C28H24ClNO4/c1-17-24-22(33-26(17)27(32)30-15-14-18-6-4-3-5-7-18)12-13-23-25(24)21(31)16-28(2,34-23)19-8-10-20(29)11-9-19/h3-13H,14-16H2,1-2H3,(H,30,32)/t28-/m0/s1. The summed E-state index contributed by atoms with van der Waals surface area (Å²) in [5, 5.41) is 4.18. The Labute approximate surface area is 202 Å². The molecular formula is C28H24ClNO4. The highest BCUT2D eigenvalue weighted by Gasteiger charge is 2.40. The number of halogens is 1. The number of ketones is 1. The zero-order valence-corrected chi connectivity index (χ0v) is 19.7. The zero-order chi connectivity index (χ0) is 23.9. The molecule has 5 nitrogen and oxygen atoms in total. The van der Waals surface area contributed by atoms with E-state index in [1.807, 2.05) is 49.4 Å². The van der Waals surface area contributed by atoms with E-state index in [9.17, 15) is 9.59 Å². The molecule has 1 amide bonds. The second-order valence-electron chi connectivity index (χ2n) is 8.80. The number of nitrogens with one attached hydrogen (secondary N) is 1. The van der Waals surface area contributed by atoms with Crippen LogP contribution in [0, 0.1) is 6.92 Å². The van der Waals surface area contributed by atoms with Crippen molar-refractivity contribution in [1.82, 2.24) is 5.32 Å². The summed E-state index contributed by atoms with van der Waals surface area (Å²) in [6, 6.07) is 20.8. The first-order chi connectivity index (χ1) is 16.4. The molecule has 0 spiro atoms. The summed E-state index contributed by atoms with van der Waals surface area (Å²) >= 11 is 6.03. The maximum absolute atomic E-state index is 13.4. The van der Waals surface area contributed by atoms with Crippen molar-refractivity contribution < 1.29 is 18.7 Å². The highest BCUT2D eigenvalue weighted by molar-refractivity contribution is 6.30. The van der Waals surface area contributed by atoms with Gasteiger partial charge in [-0.3, -0.25) is 9.59 Å². The van der Waals surface area contributed by atoms with Crippen LogP contribution in [0.1, 0.15) is 50.9 Å². The normalized spacial score (nSPS) is 17.3. The number of hydrogen-bond acceptors (Lipinski definition) is 4. The van der Waals surface area contributed by atoms with Gasteiger partial charge >= 0.3 is 0 Å². The van der Waals surface area contributed by atoms with Crippen LogP contribution in [0.5, 0.6) is 5.75 Å². The Bertz CT molecular complexity index is 1390. The molecule has 0 unspecified atom stereocenters. The quantitative estimate of drug-likeness (QED) is 0.372. The van der Waals surface area contributed by atoms with Crippen LogP contribution < -0.4 is 10.1 Å². The van der Waals surface area contributed by atoms with Crippen LogP contribution in [0.25, 0.3) is 11.0 Å². The Morgan fingerprint density at radius 3 is 2.53 bits per heavy atom. The van der Waals surface area contributed by atoms with E-state index in [4.69, 9.17) is 20.8 Å². The number of amides is 1. The lowest BCUT2D eigenvalue weighted by atomic mass is 9.84. The van der Waals surface area contributed by atoms with Gasteiger partial charge in [0.1, 0.15) is 16.9 Å². The Morgan fingerprint density at radius 1 is 1.06 bits per heavy atom. The molecule has 1 aromatic heterocycles. The first kappa shape index (κ1) is 22.2. The van der Waals surface area contributed by atoms with E-state index >= 15 is 0 Å². The Kier molecular flexibility index (Phi) is 5.66. The SMILES string of the molecule is Cc1c(C(=O)NCCc2ccccc2)oc2ccc3c(c12)C(=O)C[C@@](C)(c1ccc(Cl)cc1)O3. The van der Waals surface area contributed by atoms with Gasteiger partial charge in [-0.15, -0.1) is 0 Å². The molecule has 0 bridgehead atoms. The fourth-order valence-corrected chi connectivity index (χ4v) is 4.71. The minimum absolute atomic E-state index is 0.0516. The smallest absolute Gasteiger partial charge is 0.287 e. The second kappa shape index (κ2) is 8.65. The number of aryl methyl sites for hydroxylation is 1. The summed E-state index contributed by atoms with van der Waals surface area (Å²) in [4.78, 5) is 26.2. The van der Waals surface area contributed by atoms with Gasteiger partial charge in [0.05, 0.1) is 12.0 Å². The van der Waals surface area contributed by atoms with Gasteiger partial charge in [0.15, 0.2) is 11.5 Å². The number of fused-ring (bicyclic) bond motifs is 3. The van der Waals surface area contributed by atoms with Crippen molar-refractivity contribution in [2.24, 2.45) is 0 Å². The molecule has 1 N–H and O–H groups in total. The minimum Gasteiger partial charge on any atom is -0.482 e. The number of carbonyl (C=O) groups is 2. The lowest BCUT2D eigenvalue weighted by molar-refractivity contribution is 0.0507. The van der Waals surface area contributed by atoms with Crippen molar-refractivity contribution in [3.63, 3.8) is 0 Å². The monoisotopic (exact) mass is 473 g/mol. The molecule has 4 aromatic rings. The summed E-state index contributed by atoms with van der Waals surface area (Å²) in [5.74, 6) is 0.356. The van der Waals surface area contributed by atoms with Crippen LogP contribution in [0.4, 0.5) is 0 Å². The molecule has 0 radical (unpaired) electrons. The van der Waals surface area contributed by atoms with Crippen LogP contribution in [0.3, 0.4) is 0 Å². The van der Waals surface area contributed by atoms with Gasteiger partial charge in [-0.1, -0.05) is 54.1 Å². The summed E-state index contributed by atoms with van der Waals surface area (Å²) in [5.41, 5.74) is 2.81. The third-order valence-electron chi connectivity index (χ3n) is 6.37. The van der Waals surface area contributed by atoms with E-state index in [0.29, 0.717) is 39.4 Å². The molecule has 34 heavy (non-hydrogen) atoms. The third-order valence-corrected chi connectivity index (χ3v) is 6.62. The first-order valence-electron chi connectivity index (χ1n) is 11.2. The molecule has 6 heteroatoms. The molecule has 172 valence electrons. The van der Waals surface area contributed by atoms with Gasteiger partial charge in [-0.2, -0.15) is 0 Å². The predicted molar refractivity (Wildman–Crippen MR) is 132 cm³/mol. The number of hydrogen-bond donors (Lipinski definition) is 1. The van der Waals surface area contributed by atoms with Gasteiger partial charge in [0, 0.05) is 22.5 Å². The Hall–Kier alpha value is -3.57. The van der Waals surface area contributed by atoms with Gasteiger partial charge in [-0.25, -0.2) is 0 Å². The van der Waals surface area contributed by atoms with Gasteiger partial charge in [0.2, 0.25) is 0 Å².